The summed E-state index contributed by atoms with van der Waals surface area (Å²) in [5.41, 5.74) is 3.00. The molecule has 4 heteroatoms. The first kappa shape index (κ1) is 11.4. The standard InChI is InChI=1S/C13H15N3O/c1-10-2-4-11(5-3-10)16-13(17)7-6-12-8-14-9-15-12/h2-5,8-9H,6-7H2,1H3,(H,14,15)(H,16,17). The van der Waals surface area contributed by atoms with Crippen molar-refractivity contribution in [3.63, 3.8) is 0 Å². The van der Waals surface area contributed by atoms with Crippen LogP contribution in [0.3, 0.4) is 0 Å². The fraction of sp³-hybridized carbons (Fsp3) is 0.231. The minimum absolute atomic E-state index is 0.0171. The molecule has 4 nitrogen and oxygen atoms in total. The second-order valence-electron chi connectivity index (χ2n) is 3.99. The molecule has 0 radical (unpaired) electrons. The minimum Gasteiger partial charge on any atom is -0.348 e. The van der Waals surface area contributed by atoms with E-state index >= 15 is 0 Å². The summed E-state index contributed by atoms with van der Waals surface area (Å²) in [6.45, 7) is 2.02. The van der Waals surface area contributed by atoms with Crippen LogP contribution in [0.15, 0.2) is 36.8 Å². The molecule has 17 heavy (non-hydrogen) atoms. The number of imidazole rings is 1. The van der Waals surface area contributed by atoms with Crippen molar-refractivity contribution in [3.05, 3.63) is 48.0 Å². The average molecular weight is 229 g/mol. The number of anilines is 1. The highest BCUT2D eigenvalue weighted by molar-refractivity contribution is 5.90. The molecule has 0 saturated heterocycles. The van der Waals surface area contributed by atoms with E-state index < -0.39 is 0 Å². The molecule has 0 atom stereocenters. The summed E-state index contributed by atoms with van der Waals surface area (Å²) >= 11 is 0. The van der Waals surface area contributed by atoms with Crippen LogP contribution in [0.25, 0.3) is 0 Å². The van der Waals surface area contributed by atoms with Crippen LogP contribution in [0, 0.1) is 6.92 Å². The van der Waals surface area contributed by atoms with E-state index in [1.54, 1.807) is 12.5 Å². The van der Waals surface area contributed by atoms with Crippen molar-refractivity contribution in [2.24, 2.45) is 0 Å². The van der Waals surface area contributed by atoms with Crippen molar-refractivity contribution in [2.45, 2.75) is 19.8 Å². The Morgan fingerprint density at radius 3 is 2.76 bits per heavy atom. The maximum absolute atomic E-state index is 11.6. The van der Waals surface area contributed by atoms with Gasteiger partial charge in [0.1, 0.15) is 0 Å². The third-order valence-electron chi connectivity index (χ3n) is 2.51. The van der Waals surface area contributed by atoms with Crippen LogP contribution in [-0.2, 0) is 11.2 Å². The van der Waals surface area contributed by atoms with Crippen molar-refractivity contribution in [3.8, 4) is 0 Å². The third-order valence-corrected chi connectivity index (χ3v) is 2.51. The molecule has 2 aromatic rings. The van der Waals surface area contributed by atoms with Crippen molar-refractivity contribution in [2.75, 3.05) is 5.32 Å². The first-order chi connectivity index (χ1) is 8.24. The number of H-pyrrole nitrogens is 1. The predicted molar refractivity (Wildman–Crippen MR) is 66.7 cm³/mol. The lowest BCUT2D eigenvalue weighted by Gasteiger charge is -2.04. The molecule has 0 saturated carbocycles. The zero-order valence-corrected chi connectivity index (χ0v) is 9.73. The SMILES string of the molecule is Cc1ccc(NC(=O)CCc2cnc[nH]2)cc1. The Hall–Kier alpha value is -2.10. The van der Waals surface area contributed by atoms with Gasteiger partial charge in [-0.1, -0.05) is 17.7 Å². The molecule has 1 heterocycles. The van der Waals surface area contributed by atoms with Crippen LogP contribution in [0.4, 0.5) is 5.69 Å². The maximum Gasteiger partial charge on any atom is 0.224 e. The average Bonchev–Trinajstić information content (AvgIpc) is 2.83. The molecule has 0 unspecified atom stereocenters. The van der Waals surface area contributed by atoms with Gasteiger partial charge >= 0.3 is 0 Å². The van der Waals surface area contributed by atoms with Crippen molar-refractivity contribution >= 4 is 11.6 Å². The highest BCUT2D eigenvalue weighted by atomic mass is 16.1. The number of nitrogens with one attached hydrogen (secondary N) is 2. The van der Waals surface area contributed by atoms with E-state index in [4.69, 9.17) is 0 Å². The molecule has 1 aromatic carbocycles. The van der Waals surface area contributed by atoms with E-state index in [0.717, 1.165) is 11.4 Å². The van der Waals surface area contributed by atoms with Crippen molar-refractivity contribution in [1.82, 2.24) is 9.97 Å². The highest BCUT2D eigenvalue weighted by Gasteiger charge is 2.03. The van der Waals surface area contributed by atoms with Gasteiger partial charge in [0.2, 0.25) is 5.91 Å². The molecular formula is C13H15N3O. The molecule has 2 N–H and O–H groups in total. The third kappa shape index (κ3) is 3.45. The fourth-order valence-corrected chi connectivity index (χ4v) is 1.53. The van der Waals surface area contributed by atoms with E-state index in [9.17, 15) is 4.79 Å². The maximum atomic E-state index is 11.6. The van der Waals surface area contributed by atoms with Crippen LogP contribution in [0.1, 0.15) is 17.7 Å². The van der Waals surface area contributed by atoms with Crippen LogP contribution >= 0.6 is 0 Å². The predicted octanol–water partition coefficient (Wildman–Crippen LogP) is 2.29. The van der Waals surface area contributed by atoms with Gasteiger partial charge in [-0.3, -0.25) is 4.79 Å². The smallest absolute Gasteiger partial charge is 0.224 e. The molecule has 1 aromatic heterocycles. The zero-order chi connectivity index (χ0) is 12.1. The van der Waals surface area contributed by atoms with Crippen LogP contribution in [0.2, 0.25) is 0 Å². The summed E-state index contributed by atoms with van der Waals surface area (Å²) in [5, 5.41) is 2.86. The Morgan fingerprint density at radius 1 is 1.35 bits per heavy atom. The van der Waals surface area contributed by atoms with Gasteiger partial charge in [-0.05, 0) is 25.5 Å². The summed E-state index contributed by atoms with van der Waals surface area (Å²) in [6, 6.07) is 7.77. The second-order valence-corrected chi connectivity index (χ2v) is 3.99. The van der Waals surface area contributed by atoms with E-state index in [1.807, 2.05) is 31.2 Å². The molecule has 88 valence electrons. The van der Waals surface area contributed by atoms with Gasteiger partial charge in [-0.2, -0.15) is 0 Å². The summed E-state index contributed by atoms with van der Waals surface area (Å²) in [7, 11) is 0. The molecule has 1 amide bonds. The molecule has 0 aliphatic heterocycles. The lowest BCUT2D eigenvalue weighted by Crippen LogP contribution is -2.12. The molecule has 0 spiro atoms. The second kappa shape index (κ2) is 5.30. The number of rotatable bonds is 4. The van der Waals surface area contributed by atoms with E-state index in [1.165, 1.54) is 5.56 Å². The van der Waals surface area contributed by atoms with Crippen LogP contribution in [0.5, 0.6) is 0 Å². The van der Waals surface area contributed by atoms with E-state index in [2.05, 4.69) is 15.3 Å². The number of aryl methyl sites for hydroxylation is 2. The minimum atomic E-state index is 0.0171. The van der Waals surface area contributed by atoms with Crippen molar-refractivity contribution in [1.29, 1.82) is 0 Å². The topological polar surface area (TPSA) is 57.8 Å². The van der Waals surface area contributed by atoms with Crippen molar-refractivity contribution < 1.29 is 4.79 Å². The molecule has 0 fully saturated rings. The van der Waals surface area contributed by atoms with E-state index in [0.29, 0.717) is 12.8 Å². The van der Waals surface area contributed by atoms with Gasteiger partial charge in [0.25, 0.3) is 0 Å². The summed E-state index contributed by atoms with van der Waals surface area (Å²) < 4.78 is 0. The Kier molecular flexibility index (Phi) is 3.55. The van der Waals surface area contributed by atoms with Crippen LogP contribution in [-0.4, -0.2) is 15.9 Å². The number of aromatic nitrogens is 2. The molecular weight excluding hydrogens is 214 g/mol. The lowest BCUT2D eigenvalue weighted by molar-refractivity contribution is -0.116. The fourth-order valence-electron chi connectivity index (χ4n) is 1.53. The normalized spacial score (nSPS) is 10.2. The number of benzene rings is 1. The molecule has 0 aliphatic rings. The van der Waals surface area contributed by atoms with Gasteiger partial charge in [0, 0.05) is 24.0 Å². The van der Waals surface area contributed by atoms with Crippen LogP contribution < -0.4 is 5.32 Å². The quantitative estimate of drug-likeness (QED) is 0.845. The van der Waals surface area contributed by atoms with Gasteiger partial charge < -0.3 is 10.3 Å². The van der Waals surface area contributed by atoms with Gasteiger partial charge in [0.05, 0.1) is 6.33 Å². The lowest BCUT2D eigenvalue weighted by atomic mass is 10.2. The number of carbonyl (C=O) groups is 1. The largest absolute Gasteiger partial charge is 0.348 e. The van der Waals surface area contributed by atoms with E-state index in [-0.39, 0.29) is 5.91 Å². The Morgan fingerprint density at radius 2 is 2.12 bits per heavy atom. The first-order valence-corrected chi connectivity index (χ1v) is 5.58. The summed E-state index contributed by atoms with van der Waals surface area (Å²) in [6.07, 6.45) is 4.49. The highest BCUT2D eigenvalue weighted by Crippen LogP contribution is 2.09. The number of aromatic amines is 1. The van der Waals surface area contributed by atoms with Gasteiger partial charge in [-0.25, -0.2) is 4.98 Å². The number of amides is 1. The molecule has 2 rings (SSSR count). The number of hydrogen-bond donors (Lipinski definition) is 2. The Labute approximate surface area is 100 Å². The number of carbonyl (C=O) groups excluding carboxylic acids is 1. The Balaban J connectivity index is 1.83. The monoisotopic (exact) mass is 229 g/mol. The Bertz CT molecular complexity index is 474. The summed E-state index contributed by atoms with van der Waals surface area (Å²) in [4.78, 5) is 18.5. The zero-order valence-electron chi connectivity index (χ0n) is 9.73. The van der Waals surface area contributed by atoms with Gasteiger partial charge in [0.15, 0.2) is 0 Å². The van der Waals surface area contributed by atoms with Gasteiger partial charge in [-0.15, -0.1) is 0 Å². The first-order valence-electron chi connectivity index (χ1n) is 5.58. The summed E-state index contributed by atoms with van der Waals surface area (Å²) in [5.74, 6) is 0.0171. The number of hydrogen-bond acceptors (Lipinski definition) is 2. The number of nitrogens with zero attached hydrogens (tertiary/aromatic N) is 1. The molecule has 0 aliphatic carbocycles. The molecule has 0 bridgehead atoms.